The highest BCUT2D eigenvalue weighted by molar-refractivity contribution is 6.31. The average molecular weight is 391 g/mol. The van der Waals surface area contributed by atoms with Crippen LogP contribution in [0, 0.1) is 13.8 Å². The summed E-state index contributed by atoms with van der Waals surface area (Å²) in [5, 5.41) is 5.11. The number of hydrogen-bond acceptors (Lipinski definition) is 3. The van der Waals surface area contributed by atoms with Gasteiger partial charge in [0.2, 0.25) is 0 Å². The molecule has 0 saturated carbocycles. The fourth-order valence-corrected chi connectivity index (χ4v) is 4.14. The number of nitrogens with one attached hydrogen (secondary N) is 1. The molecular weight excluding hydrogens is 366 g/mol. The van der Waals surface area contributed by atoms with Crippen LogP contribution in [0.4, 0.5) is 0 Å². The smallest absolute Gasteiger partial charge is 0.259 e. The molecule has 1 atom stereocenters. The molecule has 1 aliphatic heterocycles. The predicted molar refractivity (Wildman–Crippen MR) is 112 cm³/mol. The summed E-state index contributed by atoms with van der Waals surface area (Å²) in [6.07, 6.45) is -0.0442. The normalized spacial score (nSPS) is 18.7. The van der Waals surface area contributed by atoms with Gasteiger partial charge >= 0.3 is 0 Å². The molecule has 1 fully saturated rings. The highest BCUT2D eigenvalue weighted by Gasteiger charge is 2.44. The van der Waals surface area contributed by atoms with Gasteiger partial charge in [-0.1, -0.05) is 47.5 Å². The van der Waals surface area contributed by atoms with Crippen LogP contribution in [0.5, 0.6) is 0 Å². The van der Waals surface area contributed by atoms with Gasteiger partial charge in [0.05, 0.1) is 11.8 Å². The Labute approximate surface area is 167 Å². The molecule has 0 bridgehead atoms. The zero-order valence-electron chi connectivity index (χ0n) is 15.8. The predicted octanol–water partition coefficient (Wildman–Crippen LogP) is 3.67. The Morgan fingerprint density at radius 2 is 1.62 bits per heavy atom. The Kier molecular flexibility index (Phi) is 6.00. The van der Waals surface area contributed by atoms with Crippen LogP contribution in [0.25, 0.3) is 0 Å². The van der Waals surface area contributed by atoms with Crippen molar-refractivity contribution in [1.29, 1.82) is 0 Å². The summed E-state index contributed by atoms with van der Waals surface area (Å²) in [7, 11) is 1.75. The summed E-state index contributed by atoms with van der Waals surface area (Å²) in [6.45, 7) is 8.68. The maximum atomic E-state index is 6.50. The topological polar surface area (TPSA) is 24.5 Å². The number of aryl methyl sites for hydroxylation is 2. The molecule has 26 heavy (non-hydrogen) atoms. The molecule has 3 nitrogen and oxygen atoms in total. The third-order valence-corrected chi connectivity index (χ3v) is 6.29. The Morgan fingerprint density at radius 1 is 1.08 bits per heavy atom. The molecule has 6 heteroatoms. The quantitative estimate of drug-likeness (QED) is 0.806. The van der Waals surface area contributed by atoms with Gasteiger partial charge in [-0.05, 0) is 55.2 Å². The van der Waals surface area contributed by atoms with Gasteiger partial charge in [-0.3, -0.25) is 4.90 Å². The van der Waals surface area contributed by atoms with Crippen LogP contribution in [0.1, 0.15) is 29.2 Å². The first-order chi connectivity index (χ1) is 12.4. The lowest BCUT2D eigenvalue weighted by atomic mass is 9.79. The van der Waals surface area contributed by atoms with Gasteiger partial charge in [0.15, 0.2) is 0 Å². The lowest BCUT2D eigenvalue weighted by Crippen LogP contribution is -2.62. The van der Waals surface area contributed by atoms with Crippen molar-refractivity contribution >= 4 is 31.3 Å². The van der Waals surface area contributed by atoms with Crippen LogP contribution in [0.2, 0.25) is 10.0 Å². The van der Waals surface area contributed by atoms with Crippen LogP contribution < -0.4 is 5.32 Å². The van der Waals surface area contributed by atoms with E-state index >= 15 is 0 Å². The Morgan fingerprint density at radius 3 is 2.08 bits per heavy atom. The Bertz CT molecular complexity index is 748. The first kappa shape index (κ1) is 19.7. The highest BCUT2D eigenvalue weighted by Crippen LogP contribution is 2.41. The van der Waals surface area contributed by atoms with Crippen molar-refractivity contribution in [2.75, 3.05) is 19.6 Å². The van der Waals surface area contributed by atoms with Gasteiger partial charge in [0.25, 0.3) is 8.05 Å². The van der Waals surface area contributed by atoms with Gasteiger partial charge in [0, 0.05) is 29.7 Å². The maximum Gasteiger partial charge on any atom is 0.259 e. The Balaban J connectivity index is 2.25. The van der Waals surface area contributed by atoms with E-state index in [4.69, 9.17) is 27.9 Å². The molecule has 1 unspecified atom stereocenters. The van der Waals surface area contributed by atoms with Crippen molar-refractivity contribution in [3.05, 3.63) is 68.7 Å². The van der Waals surface area contributed by atoms with Crippen molar-refractivity contribution in [1.82, 2.24) is 10.2 Å². The van der Waals surface area contributed by atoms with Crippen molar-refractivity contribution in [2.24, 2.45) is 0 Å². The molecule has 1 saturated heterocycles. The molecule has 1 aliphatic rings. The molecule has 0 aliphatic carbocycles. The number of piperazine rings is 1. The van der Waals surface area contributed by atoms with Crippen LogP contribution in [0.15, 0.2) is 36.4 Å². The monoisotopic (exact) mass is 390 g/mol. The van der Waals surface area contributed by atoms with Crippen molar-refractivity contribution in [3.63, 3.8) is 0 Å². The molecule has 1 N–H and O–H groups in total. The highest BCUT2D eigenvalue weighted by atomic mass is 35.5. The third-order valence-electron chi connectivity index (χ3n) is 5.48. The molecule has 0 aromatic heterocycles. The fraction of sp³-hybridized carbons (Fsp3) is 0.400. The third kappa shape index (κ3) is 3.41. The summed E-state index contributed by atoms with van der Waals surface area (Å²) in [6, 6.07) is 12.6. The van der Waals surface area contributed by atoms with Crippen LogP contribution in [-0.2, 0) is 10.2 Å². The minimum Gasteiger partial charge on any atom is -0.430 e. The zero-order chi connectivity index (χ0) is 18.9. The zero-order valence-corrected chi connectivity index (χ0v) is 17.3. The summed E-state index contributed by atoms with van der Waals surface area (Å²) in [5.41, 5.74) is 4.03. The number of hydrogen-bond donors (Lipinski definition) is 1. The van der Waals surface area contributed by atoms with Gasteiger partial charge in [-0.25, -0.2) is 0 Å². The molecule has 138 valence electrons. The van der Waals surface area contributed by atoms with Crippen molar-refractivity contribution in [3.8, 4) is 0 Å². The van der Waals surface area contributed by atoms with E-state index in [0.29, 0.717) is 0 Å². The molecule has 2 aromatic rings. The summed E-state index contributed by atoms with van der Waals surface area (Å²) in [4.78, 5) is 2.39. The molecule has 0 radical (unpaired) electrons. The standard InChI is InChI=1S/C20H25BCl2N2O/c1-13-4-6-16(10-18(13)22)20(17-7-5-14(2)19(23)11-17)12-24-8-9-25(20)15(3)26-21/h4-7,10-11,15,24H,8-9,12,21H2,1-3H3. The number of benzene rings is 2. The summed E-state index contributed by atoms with van der Waals surface area (Å²) in [5.74, 6) is 0. The summed E-state index contributed by atoms with van der Waals surface area (Å²) >= 11 is 13.0. The second-order valence-corrected chi connectivity index (χ2v) is 7.81. The molecule has 3 rings (SSSR count). The van der Waals surface area contributed by atoms with Gasteiger partial charge < -0.3 is 9.97 Å². The summed E-state index contributed by atoms with van der Waals surface area (Å²) < 4.78 is 5.73. The molecular formula is C20H25BCl2N2O. The van der Waals surface area contributed by atoms with E-state index in [0.717, 1.165) is 51.9 Å². The lowest BCUT2D eigenvalue weighted by molar-refractivity contribution is -0.0393. The lowest BCUT2D eigenvalue weighted by Gasteiger charge is -2.51. The first-order valence-electron chi connectivity index (χ1n) is 8.93. The average Bonchev–Trinajstić information content (AvgIpc) is 2.65. The van der Waals surface area contributed by atoms with E-state index in [-0.39, 0.29) is 6.23 Å². The van der Waals surface area contributed by atoms with Crippen LogP contribution in [0.3, 0.4) is 0 Å². The van der Waals surface area contributed by atoms with E-state index in [2.05, 4.69) is 53.5 Å². The van der Waals surface area contributed by atoms with E-state index in [9.17, 15) is 0 Å². The minimum atomic E-state index is -0.400. The second-order valence-electron chi connectivity index (χ2n) is 6.99. The van der Waals surface area contributed by atoms with Gasteiger partial charge in [-0.15, -0.1) is 0 Å². The molecule has 0 amide bonds. The van der Waals surface area contributed by atoms with E-state index in [1.807, 2.05) is 13.8 Å². The van der Waals surface area contributed by atoms with Gasteiger partial charge in [0.1, 0.15) is 0 Å². The van der Waals surface area contributed by atoms with Crippen molar-refractivity contribution < 1.29 is 4.65 Å². The van der Waals surface area contributed by atoms with Gasteiger partial charge in [-0.2, -0.15) is 0 Å². The SMILES string of the molecule is BOC(C)N1CCNCC1(c1ccc(C)c(Cl)c1)c1ccc(C)c(Cl)c1. The van der Waals surface area contributed by atoms with Crippen LogP contribution >= 0.6 is 23.2 Å². The Hall–Kier alpha value is -1.04. The van der Waals surface area contributed by atoms with E-state index in [1.54, 1.807) is 8.05 Å². The molecule has 1 heterocycles. The van der Waals surface area contributed by atoms with E-state index < -0.39 is 5.54 Å². The minimum absolute atomic E-state index is 0.0442. The second kappa shape index (κ2) is 7.91. The largest absolute Gasteiger partial charge is 0.430 e. The fourth-order valence-electron chi connectivity index (χ4n) is 3.78. The maximum absolute atomic E-state index is 6.50. The number of nitrogens with zero attached hydrogens (tertiary/aromatic N) is 1. The molecule has 2 aromatic carbocycles. The van der Waals surface area contributed by atoms with Crippen molar-refractivity contribution in [2.45, 2.75) is 32.5 Å². The first-order valence-corrected chi connectivity index (χ1v) is 9.69. The van der Waals surface area contributed by atoms with E-state index in [1.165, 1.54) is 0 Å². The van der Waals surface area contributed by atoms with Crippen LogP contribution in [-0.4, -0.2) is 38.8 Å². The number of rotatable bonds is 4. The molecule has 0 spiro atoms. The number of halogens is 2.